The zero-order valence-electron chi connectivity index (χ0n) is 21.0. The van der Waals surface area contributed by atoms with Gasteiger partial charge in [-0.2, -0.15) is 0 Å². The number of rotatable bonds is 4. The molecule has 4 rings (SSSR count). The molecule has 188 valence electrons. The first-order valence-electron chi connectivity index (χ1n) is 11.9. The van der Waals surface area contributed by atoms with Crippen LogP contribution in [0.5, 0.6) is 0 Å². The number of anilines is 1. The van der Waals surface area contributed by atoms with Gasteiger partial charge in [0.2, 0.25) is 5.91 Å². The zero-order chi connectivity index (χ0) is 24.9. The summed E-state index contributed by atoms with van der Waals surface area (Å²) in [6, 6.07) is 14.5. The molecule has 0 unspecified atom stereocenters. The van der Waals surface area contributed by atoms with Crippen LogP contribution in [0.2, 0.25) is 0 Å². The Labute approximate surface area is 215 Å². The minimum absolute atomic E-state index is 0.250. The van der Waals surface area contributed by atoms with Crippen molar-refractivity contribution in [3.63, 3.8) is 0 Å². The monoisotopic (exact) mass is 504 g/mol. The molecule has 0 aromatic heterocycles. The maximum absolute atomic E-state index is 12.5. The first-order valence-corrected chi connectivity index (χ1v) is 13.1. The van der Waals surface area contributed by atoms with Gasteiger partial charge in [0, 0.05) is 62.0 Å². The average molecular weight is 505 g/mol. The highest BCUT2D eigenvalue weighted by Crippen LogP contribution is 2.23. The Balaban J connectivity index is 0.000000309. The Morgan fingerprint density at radius 1 is 1.15 bits per heavy atom. The Hall–Kier alpha value is -1.71. The van der Waals surface area contributed by atoms with Gasteiger partial charge in [-0.25, -0.2) is 8.61 Å². The predicted octanol–water partition coefficient (Wildman–Crippen LogP) is 4.14. The average Bonchev–Trinajstić information content (AvgIpc) is 2.80. The summed E-state index contributed by atoms with van der Waals surface area (Å²) in [7, 11) is 4.10. The third-order valence-electron chi connectivity index (χ3n) is 5.34. The number of benzene rings is 2. The van der Waals surface area contributed by atoms with Crippen molar-refractivity contribution < 1.29 is 9.90 Å². The van der Waals surface area contributed by atoms with Crippen LogP contribution in [0.15, 0.2) is 47.4 Å². The van der Waals surface area contributed by atoms with Gasteiger partial charge in [0.25, 0.3) is 0 Å². The first-order chi connectivity index (χ1) is 16.3. The molecule has 2 aromatic carbocycles. The molecule has 2 aliphatic rings. The second-order valence-electron chi connectivity index (χ2n) is 8.56. The van der Waals surface area contributed by atoms with E-state index in [4.69, 9.17) is 5.11 Å². The molecule has 6 nitrogen and oxygen atoms in total. The molecule has 0 atom stereocenters. The van der Waals surface area contributed by atoms with Gasteiger partial charge in [-0.3, -0.25) is 4.79 Å². The van der Waals surface area contributed by atoms with Crippen LogP contribution in [0.1, 0.15) is 30.0 Å². The number of amides is 1. The van der Waals surface area contributed by atoms with Crippen LogP contribution >= 0.6 is 24.8 Å². The highest BCUT2D eigenvalue weighted by atomic mass is 32.2. The molecule has 0 radical (unpaired) electrons. The van der Waals surface area contributed by atoms with Gasteiger partial charge in [0.1, 0.15) is 0 Å². The maximum Gasteiger partial charge on any atom is 0.227 e. The van der Waals surface area contributed by atoms with Crippen LogP contribution in [0.25, 0.3) is 0 Å². The zero-order valence-corrected chi connectivity index (χ0v) is 22.7. The van der Waals surface area contributed by atoms with Gasteiger partial charge in [0.05, 0.1) is 6.42 Å². The summed E-state index contributed by atoms with van der Waals surface area (Å²) in [6.45, 7) is 8.56. The van der Waals surface area contributed by atoms with Gasteiger partial charge >= 0.3 is 0 Å². The van der Waals surface area contributed by atoms with E-state index in [9.17, 15) is 4.79 Å². The summed E-state index contributed by atoms with van der Waals surface area (Å²) in [5.74, 6) is 0.253. The van der Waals surface area contributed by atoms with Crippen LogP contribution in [0.4, 0.5) is 5.69 Å². The number of nitrogens with zero attached hydrogens (tertiary/aromatic N) is 3. The lowest BCUT2D eigenvalue weighted by Crippen LogP contribution is -2.47. The second kappa shape index (κ2) is 15.3. The van der Waals surface area contributed by atoms with Crippen molar-refractivity contribution in [1.29, 1.82) is 0 Å². The fourth-order valence-electron chi connectivity index (χ4n) is 3.80. The molecule has 8 heteroatoms. The number of nitrogens with one attached hydrogen (secondary N) is 1. The Bertz CT molecular complexity index is 870. The fourth-order valence-corrected chi connectivity index (χ4v) is 4.88. The number of aliphatic hydroxyl groups excluding tert-OH is 1. The number of carbonyl (C=O) groups is 1. The van der Waals surface area contributed by atoms with Gasteiger partial charge in [-0.15, -0.1) is 12.6 Å². The van der Waals surface area contributed by atoms with Crippen molar-refractivity contribution in [3.05, 3.63) is 59.2 Å². The smallest absolute Gasteiger partial charge is 0.227 e. The van der Waals surface area contributed by atoms with Crippen LogP contribution in [-0.2, 0) is 17.6 Å². The van der Waals surface area contributed by atoms with Crippen LogP contribution in [-0.4, -0.2) is 78.0 Å². The lowest BCUT2D eigenvalue weighted by atomic mass is 9.99. The molecule has 1 saturated heterocycles. The van der Waals surface area contributed by atoms with Crippen molar-refractivity contribution in [1.82, 2.24) is 13.5 Å². The largest absolute Gasteiger partial charge is 0.397 e. The molecule has 0 bridgehead atoms. The molecular weight excluding hydrogens is 464 g/mol. The van der Waals surface area contributed by atoms with Crippen molar-refractivity contribution in [3.8, 4) is 0 Å². The van der Waals surface area contributed by atoms with Crippen LogP contribution in [0, 0.1) is 6.92 Å². The van der Waals surface area contributed by atoms with Crippen LogP contribution in [0.3, 0.4) is 0 Å². The lowest BCUT2D eigenvalue weighted by Gasteiger charge is -2.34. The van der Waals surface area contributed by atoms with Crippen molar-refractivity contribution in [2.45, 2.75) is 38.0 Å². The van der Waals surface area contributed by atoms with E-state index >= 15 is 0 Å². The normalized spacial score (nSPS) is 15.3. The van der Waals surface area contributed by atoms with Crippen molar-refractivity contribution >= 4 is 36.4 Å². The summed E-state index contributed by atoms with van der Waals surface area (Å²) in [4.78, 5) is 15.6. The third-order valence-corrected chi connectivity index (χ3v) is 6.54. The number of fused-ring (bicyclic) bond motifs is 1. The highest BCUT2D eigenvalue weighted by Gasteiger charge is 2.22. The molecule has 0 spiro atoms. The number of aliphatic hydroxyl groups is 1. The lowest BCUT2D eigenvalue weighted by molar-refractivity contribution is -0.131. The van der Waals surface area contributed by atoms with E-state index in [0.29, 0.717) is 6.42 Å². The Kier molecular flexibility index (Phi) is 12.9. The maximum atomic E-state index is 12.5. The predicted molar refractivity (Wildman–Crippen MR) is 148 cm³/mol. The van der Waals surface area contributed by atoms with E-state index in [1.165, 1.54) is 23.2 Å². The molecule has 1 fully saturated rings. The van der Waals surface area contributed by atoms with E-state index in [1.54, 1.807) is 19.1 Å². The van der Waals surface area contributed by atoms with Gasteiger partial charge in [-0.05, 0) is 70.1 Å². The van der Waals surface area contributed by atoms with E-state index in [0.717, 1.165) is 49.6 Å². The molecule has 2 N–H and O–H groups in total. The molecule has 0 aliphatic carbocycles. The molecule has 2 aromatic rings. The first kappa shape index (κ1) is 28.5. The summed E-state index contributed by atoms with van der Waals surface area (Å²) in [6.07, 6.45) is 2.81. The summed E-state index contributed by atoms with van der Waals surface area (Å²) in [5, 5.41) is 11.0. The van der Waals surface area contributed by atoms with Gasteiger partial charge < -0.3 is 15.3 Å². The number of thiol groups is 1. The number of aryl methyl sites for hydroxylation is 2. The van der Waals surface area contributed by atoms with E-state index in [2.05, 4.69) is 57.7 Å². The van der Waals surface area contributed by atoms with E-state index < -0.39 is 0 Å². The molecule has 1 amide bonds. The topological polar surface area (TPSA) is 59.1 Å². The third kappa shape index (κ3) is 10.3. The number of carbonyl (C=O) groups excluding carboxylic acids is 1. The summed E-state index contributed by atoms with van der Waals surface area (Å²) < 4.78 is 4.41. The molecule has 2 aliphatic heterocycles. The minimum Gasteiger partial charge on any atom is -0.397 e. The quantitative estimate of drug-likeness (QED) is 0.430. The molecular formula is C26H40N4O2S2. The standard InChI is InChI=1S/C17H26N4OS.C7H8S.C2H6O/c1-19(2)23-21-10-8-20(9-11-21)17(22)13-14-5-6-16-15(12-14)4-3-7-18-16;1-6-3-2-4-7(8)5-6;1-2-3/h5-6,12,18H,3-4,7-11,13H2,1-2H3;2-5,8H,1H3;3H,2H2,1H3. The number of piperazine rings is 1. The SMILES string of the molecule is CCO.CN(C)SN1CCN(C(=O)Cc2ccc3c(c2)CCCN3)CC1.Cc1cccc(S)c1. The fraction of sp³-hybridized carbons (Fsp3) is 0.500. The number of hydrogen-bond acceptors (Lipinski definition) is 7. The molecule has 2 heterocycles. The van der Waals surface area contributed by atoms with Crippen molar-refractivity contribution in [2.75, 3.05) is 58.7 Å². The van der Waals surface area contributed by atoms with Crippen LogP contribution < -0.4 is 5.32 Å². The minimum atomic E-state index is 0.250. The molecule has 34 heavy (non-hydrogen) atoms. The number of hydrogen-bond donors (Lipinski definition) is 3. The van der Waals surface area contributed by atoms with Crippen molar-refractivity contribution in [2.24, 2.45) is 0 Å². The Morgan fingerprint density at radius 3 is 2.44 bits per heavy atom. The van der Waals surface area contributed by atoms with Gasteiger partial charge in [-0.1, -0.05) is 29.8 Å². The van der Waals surface area contributed by atoms with Gasteiger partial charge in [0.15, 0.2) is 0 Å². The summed E-state index contributed by atoms with van der Waals surface area (Å²) >= 11 is 5.88. The molecule has 0 saturated carbocycles. The Morgan fingerprint density at radius 2 is 1.85 bits per heavy atom. The second-order valence-corrected chi connectivity index (χ2v) is 10.5. The van der Waals surface area contributed by atoms with E-state index in [-0.39, 0.29) is 12.5 Å². The van der Waals surface area contributed by atoms with E-state index in [1.807, 2.05) is 37.2 Å². The summed E-state index contributed by atoms with van der Waals surface area (Å²) in [5.41, 5.74) is 5.00. The highest BCUT2D eigenvalue weighted by molar-refractivity contribution is 7.94.